The van der Waals surface area contributed by atoms with Crippen molar-refractivity contribution in [3.05, 3.63) is 11.9 Å². The van der Waals surface area contributed by atoms with Gasteiger partial charge in [0.2, 0.25) is 5.95 Å². The fourth-order valence-electron chi connectivity index (χ4n) is 1.08. The molecule has 0 atom stereocenters. The van der Waals surface area contributed by atoms with Crippen LogP contribution < -0.4 is 5.32 Å². The number of hydrogen-bond acceptors (Lipinski definition) is 4. The van der Waals surface area contributed by atoms with E-state index < -0.39 is 17.7 Å². The summed E-state index contributed by atoms with van der Waals surface area (Å²) in [6, 6.07) is 0. The van der Waals surface area contributed by atoms with Gasteiger partial charge in [-0.25, -0.2) is 9.78 Å². The number of aromatic amines is 1. The standard InChI is InChI=1S/C10H15N3O4/c1-10(2,3)17-9(16)13-8-11-5-6(12-8)4-7(14)15/h5H,4H2,1-3H3,(H,14,15)(H2,11,12,13,16). The molecule has 0 aliphatic carbocycles. The molecule has 0 spiro atoms. The van der Waals surface area contributed by atoms with Crippen molar-refractivity contribution in [2.75, 3.05) is 5.32 Å². The van der Waals surface area contributed by atoms with Crippen molar-refractivity contribution in [1.82, 2.24) is 9.97 Å². The van der Waals surface area contributed by atoms with Gasteiger partial charge in [0.1, 0.15) is 5.60 Å². The van der Waals surface area contributed by atoms with Gasteiger partial charge >= 0.3 is 12.1 Å². The van der Waals surface area contributed by atoms with Crippen LogP contribution in [0.25, 0.3) is 0 Å². The Hall–Kier alpha value is -2.05. The van der Waals surface area contributed by atoms with Crippen molar-refractivity contribution in [2.24, 2.45) is 0 Å². The number of ether oxygens (including phenoxy) is 1. The average molecular weight is 241 g/mol. The first kappa shape index (κ1) is 13.0. The van der Waals surface area contributed by atoms with E-state index in [1.807, 2.05) is 0 Å². The summed E-state index contributed by atoms with van der Waals surface area (Å²) in [5.74, 6) is -0.812. The molecule has 0 aliphatic rings. The molecule has 3 N–H and O–H groups in total. The molecule has 0 fully saturated rings. The lowest BCUT2D eigenvalue weighted by Gasteiger charge is -2.18. The maximum atomic E-state index is 11.3. The maximum Gasteiger partial charge on any atom is 0.414 e. The second-order valence-corrected chi connectivity index (χ2v) is 4.45. The predicted molar refractivity (Wildman–Crippen MR) is 59.8 cm³/mol. The number of hydrogen-bond donors (Lipinski definition) is 3. The molecule has 1 heterocycles. The molecular weight excluding hydrogens is 226 g/mol. The van der Waals surface area contributed by atoms with Gasteiger partial charge < -0.3 is 14.8 Å². The van der Waals surface area contributed by atoms with E-state index in [0.29, 0.717) is 5.69 Å². The lowest BCUT2D eigenvalue weighted by Crippen LogP contribution is -2.27. The number of nitrogens with one attached hydrogen (secondary N) is 2. The Kier molecular flexibility index (Phi) is 3.72. The van der Waals surface area contributed by atoms with Crippen LogP contribution in [0.15, 0.2) is 6.20 Å². The highest BCUT2D eigenvalue weighted by Crippen LogP contribution is 2.09. The van der Waals surface area contributed by atoms with E-state index in [4.69, 9.17) is 9.84 Å². The van der Waals surface area contributed by atoms with Crippen LogP contribution in [0.4, 0.5) is 10.7 Å². The van der Waals surface area contributed by atoms with Crippen LogP contribution >= 0.6 is 0 Å². The van der Waals surface area contributed by atoms with Crippen LogP contribution in [-0.2, 0) is 16.0 Å². The molecule has 0 aliphatic heterocycles. The average Bonchev–Trinajstić information content (AvgIpc) is 2.46. The largest absolute Gasteiger partial charge is 0.481 e. The topological polar surface area (TPSA) is 104 Å². The van der Waals surface area contributed by atoms with Crippen LogP contribution in [0.1, 0.15) is 26.5 Å². The summed E-state index contributed by atoms with van der Waals surface area (Å²) in [6.07, 6.45) is 0.526. The van der Waals surface area contributed by atoms with E-state index in [-0.39, 0.29) is 12.4 Å². The number of H-pyrrole nitrogens is 1. The lowest BCUT2D eigenvalue weighted by atomic mass is 10.2. The van der Waals surface area contributed by atoms with Crippen molar-refractivity contribution in [3.8, 4) is 0 Å². The summed E-state index contributed by atoms with van der Waals surface area (Å²) in [5.41, 5.74) is -0.191. The van der Waals surface area contributed by atoms with Crippen LogP contribution in [0.2, 0.25) is 0 Å². The Morgan fingerprint density at radius 3 is 2.71 bits per heavy atom. The number of imidazole rings is 1. The predicted octanol–water partition coefficient (Wildman–Crippen LogP) is 1.38. The second kappa shape index (κ2) is 4.86. The molecule has 0 saturated carbocycles. The Balaban J connectivity index is 2.55. The van der Waals surface area contributed by atoms with Crippen molar-refractivity contribution >= 4 is 18.0 Å². The van der Waals surface area contributed by atoms with Gasteiger partial charge in [-0.15, -0.1) is 0 Å². The number of aromatic nitrogens is 2. The van der Waals surface area contributed by atoms with E-state index in [1.165, 1.54) is 6.20 Å². The van der Waals surface area contributed by atoms with Crippen LogP contribution in [0.3, 0.4) is 0 Å². The molecule has 1 amide bonds. The minimum atomic E-state index is -0.975. The number of rotatable bonds is 3. The van der Waals surface area contributed by atoms with Gasteiger partial charge in [0.25, 0.3) is 0 Å². The molecule has 94 valence electrons. The molecular formula is C10H15N3O4. The Morgan fingerprint density at radius 1 is 1.53 bits per heavy atom. The first-order valence-corrected chi connectivity index (χ1v) is 5.02. The van der Waals surface area contributed by atoms with Gasteiger partial charge in [0.05, 0.1) is 12.6 Å². The highest BCUT2D eigenvalue weighted by atomic mass is 16.6. The van der Waals surface area contributed by atoms with Gasteiger partial charge in [-0.2, -0.15) is 0 Å². The number of nitrogens with zero attached hydrogens (tertiary/aromatic N) is 1. The van der Waals surface area contributed by atoms with Gasteiger partial charge in [0, 0.05) is 5.69 Å². The highest BCUT2D eigenvalue weighted by molar-refractivity contribution is 5.82. The molecule has 1 aromatic rings. The minimum absolute atomic E-state index is 0.163. The number of carbonyl (C=O) groups excluding carboxylic acids is 1. The first-order valence-electron chi connectivity index (χ1n) is 5.02. The van der Waals surface area contributed by atoms with Crippen molar-refractivity contribution in [3.63, 3.8) is 0 Å². The van der Waals surface area contributed by atoms with Gasteiger partial charge in [0.15, 0.2) is 0 Å². The molecule has 1 rings (SSSR count). The molecule has 17 heavy (non-hydrogen) atoms. The van der Waals surface area contributed by atoms with E-state index >= 15 is 0 Å². The number of carbonyl (C=O) groups is 2. The smallest absolute Gasteiger partial charge is 0.414 e. The van der Waals surface area contributed by atoms with E-state index in [0.717, 1.165) is 0 Å². The molecule has 0 aromatic carbocycles. The van der Waals surface area contributed by atoms with Crippen molar-refractivity contribution in [1.29, 1.82) is 0 Å². The quantitative estimate of drug-likeness (QED) is 0.741. The summed E-state index contributed by atoms with van der Waals surface area (Å²) in [5, 5.41) is 10.9. The Bertz CT molecular complexity index is 419. The van der Waals surface area contributed by atoms with Crippen LogP contribution in [-0.4, -0.2) is 32.7 Å². The van der Waals surface area contributed by atoms with E-state index in [1.54, 1.807) is 20.8 Å². The zero-order valence-electron chi connectivity index (χ0n) is 9.90. The third-order valence-electron chi connectivity index (χ3n) is 1.59. The monoisotopic (exact) mass is 241 g/mol. The number of aliphatic carboxylic acids is 1. The van der Waals surface area contributed by atoms with Crippen molar-refractivity contribution in [2.45, 2.75) is 32.8 Å². The molecule has 0 bridgehead atoms. The highest BCUT2D eigenvalue weighted by Gasteiger charge is 2.17. The summed E-state index contributed by atoms with van der Waals surface area (Å²) in [7, 11) is 0. The van der Waals surface area contributed by atoms with Crippen LogP contribution in [0, 0.1) is 0 Å². The molecule has 7 nitrogen and oxygen atoms in total. The van der Waals surface area contributed by atoms with Crippen molar-refractivity contribution < 1.29 is 19.4 Å². The summed E-state index contributed by atoms with van der Waals surface area (Å²) < 4.78 is 5.01. The summed E-state index contributed by atoms with van der Waals surface area (Å²) in [4.78, 5) is 28.2. The summed E-state index contributed by atoms with van der Waals surface area (Å²) >= 11 is 0. The van der Waals surface area contributed by atoms with Crippen LogP contribution in [0.5, 0.6) is 0 Å². The minimum Gasteiger partial charge on any atom is -0.481 e. The number of carboxylic acid groups (broad SMARTS) is 1. The molecule has 0 saturated heterocycles. The molecule has 7 heteroatoms. The number of anilines is 1. The van der Waals surface area contributed by atoms with E-state index in [9.17, 15) is 9.59 Å². The van der Waals surface area contributed by atoms with Gasteiger partial charge in [-0.1, -0.05) is 0 Å². The number of carboxylic acids is 1. The normalized spacial score (nSPS) is 11.0. The van der Waals surface area contributed by atoms with Gasteiger partial charge in [-0.05, 0) is 20.8 Å². The van der Waals surface area contributed by atoms with E-state index in [2.05, 4.69) is 15.3 Å². The Morgan fingerprint density at radius 2 is 2.18 bits per heavy atom. The molecule has 0 radical (unpaired) electrons. The third kappa shape index (κ3) is 5.01. The maximum absolute atomic E-state index is 11.3. The molecule has 1 aromatic heterocycles. The SMILES string of the molecule is CC(C)(C)OC(=O)Nc1ncc(CC(=O)O)[nH]1. The zero-order chi connectivity index (χ0) is 13.1. The second-order valence-electron chi connectivity index (χ2n) is 4.45. The third-order valence-corrected chi connectivity index (χ3v) is 1.59. The first-order chi connectivity index (χ1) is 7.76. The summed E-state index contributed by atoms with van der Waals surface area (Å²) in [6.45, 7) is 5.22. The fourth-order valence-corrected chi connectivity index (χ4v) is 1.08. The molecule has 0 unspecified atom stereocenters. The zero-order valence-corrected chi connectivity index (χ0v) is 9.90. The van der Waals surface area contributed by atoms with Gasteiger partial charge in [-0.3, -0.25) is 10.1 Å². The Labute approximate surface area is 98.2 Å². The fraction of sp³-hybridized carbons (Fsp3) is 0.500. The number of amides is 1. The lowest BCUT2D eigenvalue weighted by molar-refractivity contribution is -0.136.